The highest BCUT2D eigenvalue weighted by Gasteiger charge is 2.18. The topological polar surface area (TPSA) is 105 Å². The molecule has 0 saturated heterocycles. The molecule has 1 aromatic heterocycles. The smallest absolute Gasteiger partial charge is 0.251 e. The zero-order chi connectivity index (χ0) is 28.5. The van der Waals surface area contributed by atoms with Gasteiger partial charge in [-0.05, 0) is 63.8 Å². The number of amides is 2. The van der Waals surface area contributed by atoms with Crippen molar-refractivity contribution >= 4 is 23.4 Å². The lowest BCUT2D eigenvalue weighted by Gasteiger charge is -2.19. The van der Waals surface area contributed by atoms with Gasteiger partial charge in [-0.2, -0.15) is 0 Å². The highest BCUT2D eigenvalue weighted by Crippen LogP contribution is 2.27. The third-order valence-electron chi connectivity index (χ3n) is 6.18. The summed E-state index contributed by atoms with van der Waals surface area (Å²) in [6.45, 7) is 10.1. The number of hydrogen-bond donors (Lipinski definition) is 3. The highest BCUT2D eigenvalue weighted by atomic mass is 35.5. The van der Waals surface area contributed by atoms with Crippen LogP contribution in [-0.2, 0) is 17.8 Å². The number of ether oxygens (including phenoxy) is 1. The van der Waals surface area contributed by atoms with Crippen LogP contribution in [0.4, 0.5) is 0 Å². The molecule has 9 heteroatoms. The molecule has 0 aliphatic heterocycles. The van der Waals surface area contributed by atoms with Crippen LogP contribution in [0.15, 0.2) is 48.7 Å². The minimum absolute atomic E-state index is 0.0242. The van der Waals surface area contributed by atoms with Gasteiger partial charge in [-0.3, -0.25) is 9.59 Å². The van der Waals surface area contributed by atoms with E-state index >= 15 is 0 Å². The molecule has 0 bridgehead atoms. The number of nitrogens with zero attached hydrogens (tertiary/aromatic N) is 2. The second-order valence-electron chi connectivity index (χ2n) is 10.00. The number of aromatic nitrogens is 2. The van der Waals surface area contributed by atoms with Crippen LogP contribution in [0, 0.1) is 0 Å². The van der Waals surface area contributed by atoms with Crippen LogP contribution in [0.2, 0.25) is 5.02 Å². The van der Waals surface area contributed by atoms with E-state index in [0.717, 1.165) is 35.6 Å². The molecule has 3 N–H and O–H groups in total. The molecule has 3 rings (SSSR count). The Hall–Kier alpha value is -3.36. The first-order valence-electron chi connectivity index (χ1n) is 13.4. The first-order valence-corrected chi connectivity index (χ1v) is 13.8. The van der Waals surface area contributed by atoms with Crippen LogP contribution in [0.1, 0.15) is 75.2 Å². The highest BCUT2D eigenvalue weighted by molar-refractivity contribution is 6.32. The summed E-state index contributed by atoms with van der Waals surface area (Å²) in [6.07, 6.45) is 3.92. The standard InChI is InChI=1S/C30H39ClN4O4/c1-6-14-35-18-27(34-29(35)20(4)32-21(5)37)23-9-7-22(8-10-23)16-25(13-15-36)33-30(38)24-11-12-28(26(31)17-24)39-19(2)3/h7-12,17-20,25,36H,6,13-16H2,1-5H3,(H,32,37)(H,33,38). The van der Waals surface area contributed by atoms with Crippen LogP contribution in [0.5, 0.6) is 5.75 Å². The molecule has 0 radical (unpaired) electrons. The Bertz CT molecular complexity index is 1260. The van der Waals surface area contributed by atoms with Gasteiger partial charge in [0.2, 0.25) is 5.91 Å². The normalized spacial score (nSPS) is 12.7. The predicted octanol–water partition coefficient (Wildman–Crippen LogP) is 5.32. The number of aryl methyl sites for hydroxylation is 1. The zero-order valence-electron chi connectivity index (χ0n) is 23.3. The molecule has 0 aliphatic carbocycles. The molecule has 0 aliphatic rings. The number of hydrogen-bond acceptors (Lipinski definition) is 5. The molecule has 39 heavy (non-hydrogen) atoms. The van der Waals surface area contributed by atoms with Gasteiger partial charge >= 0.3 is 0 Å². The number of carbonyl (C=O) groups is 2. The van der Waals surface area contributed by atoms with E-state index in [1.807, 2.05) is 51.2 Å². The maximum Gasteiger partial charge on any atom is 0.251 e. The maximum absolute atomic E-state index is 12.9. The molecule has 1 heterocycles. The van der Waals surface area contributed by atoms with E-state index in [4.69, 9.17) is 21.3 Å². The number of nitrogens with one attached hydrogen (secondary N) is 2. The SMILES string of the molecule is CCCn1cc(-c2ccc(CC(CCO)NC(=O)c3ccc(OC(C)C)c(Cl)c3)cc2)nc1C(C)NC(C)=O. The van der Waals surface area contributed by atoms with Gasteiger partial charge in [0.1, 0.15) is 11.6 Å². The van der Waals surface area contributed by atoms with Gasteiger partial charge in [0.05, 0.1) is 22.9 Å². The largest absolute Gasteiger partial charge is 0.489 e. The second kappa shape index (κ2) is 14.1. The number of rotatable bonds is 13. The number of aliphatic hydroxyl groups is 1. The molecule has 3 aromatic rings. The summed E-state index contributed by atoms with van der Waals surface area (Å²) in [7, 11) is 0. The summed E-state index contributed by atoms with van der Waals surface area (Å²) in [5.41, 5.74) is 3.26. The summed E-state index contributed by atoms with van der Waals surface area (Å²) < 4.78 is 7.74. The van der Waals surface area contributed by atoms with E-state index in [1.165, 1.54) is 6.92 Å². The minimum Gasteiger partial charge on any atom is -0.489 e. The van der Waals surface area contributed by atoms with Crippen LogP contribution >= 0.6 is 11.6 Å². The predicted molar refractivity (Wildman–Crippen MR) is 154 cm³/mol. The van der Waals surface area contributed by atoms with Crippen LogP contribution < -0.4 is 15.4 Å². The van der Waals surface area contributed by atoms with Gasteiger partial charge in [-0.1, -0.05) is 42.8 Å². The third-order valence-corrected chi connectivity index (χ3v) is 6.48. The molecule has 0 fully saturated rings. The molecule has 0 saturated carbocycles. The Morgan fingerprint density at radius 1 is 1.10 bits per heavy atom. The fourth-order valence-electron chi connectivity index (χ4n) is 4.44. The summed E-state index contributed by atoms with van der Waals surface area (Å²) >= 11 is 6.31. The van der Waals surface area contributed by atoms with Crippen molar-refractivity contribution < 1.29 is 19.4 Å². The summed E-state index contributed by atoms with van der Waals surface area (Å²) in [4.78, 5) is 29.3. The van der Waals surface area contributed by atoms with E-state index in [-0.39, 0.29) is 36.6 Å². The van der Waals surface area contributed by atoms with Gasteiger partial charge in [0, 0.05) is 43.4 Å². The number of halogens is 1. The van der Waals surface area contributed by atoms with E-state index in [2.05, 4.69) is 22.1 Å². The Kier molecular flexibility index (Phi) is 10.9. The number of benzene rings is 2. The van der Waals surface area contributed by atoms with Crippen molar-refractivity contribution in [3.8, 4) is 17.0 Å². The second-order valence-corrected chi connectivity index (χ2v) is 10.4. The van der Waals surface area contributed by atoms with Crippen LogP contribution in [0.3, 0.4) is 0 Å². The fourth-order valence-corrected chi connectivity index (χ4v) is 4.67. The van der Waals surface area contributed by atoms with Gasteiger partial charge in [-0.15, -0.1) is 0 Å². The van der Waals surface area contributed by atoms with Gasteiger partial charge in [-0.25, -0.2) is 4.98 Å². The van der Waals surface area contributed by atoms with Crippen molar-refractivity contribution in [2.24, 2.45) is 0 Å². The van der Waals surface area contributed by atoms with Crippen molar-refractivity contribution in [1.29, 1.82) is 0 Å². The van der Waals surface area contributed by atoms with E-state index in [1.54, 1.807) is 18.2 Å². The molecule has 210 valence electrons. The first-order chi connectivity index (χ1) is 18.6. The first kappa shape index (κ1) is 30.2. The summed E-state index contributed by atoms with van der Waals surface area (Å²) in [5, 5.41) is 15.9. The molecule has 2 unspecified atom stereocenters. The maximum atomic E-state index is 12.9. The Morgan fingerprint density at radius 3 is 2.41 bits per heavy atom. The van der Waals surface area contributed by atoms with E-state index in [0.29, 0.717) is 29.2 Å². The van der Waals surface area contributed by atoms with E-state index in [9.17, 15) is 14.7 Å². The molecular weight excluding hydrogens is 516 g/mol. The lowest BCUT2D eigenvalue weighted by Crippen LogP contribution is -2.37. The monoisotopic (exact) mass is 554 g/mol. The number of carbonyl (C=O) groups excluding carboxylic acids is 2. The molecular formula is C30H39ClN4O4. The Balaban J connectivity index is 1.71. The molecule has 2 atom stereocenters. The van der Waals surface area contributed by atoms with Crippen LogP contribution in [0.25, 0.3) is 11.3 Å². The average molecular weight is 555 g/mol. The average Bonchev–Trinajstić information content (AvgIpc) is 3.29. The van der Waals surface area contributed by atoms with Gasteiger partial charge in [0.15, 0.2) is 0 Å². The number of imidazole rings is 1. The number of aliphatic hydroxyl groups excluding tert-OH is 1. The van der Waals surface area contributed by atoms with Gasteiger partial charge < -0.3 is 25.0 Å². The molecule has 8 nitrogen and oxygen atoms in total. The summed E-state index contributed by atoms with van der Waals surface area (Å²) in [5.74, 6) is 1.00. The van der Waals surface area contributed by atoms with Gasteiger partial charge in [0.25, 0.3) is 5.91 Å². The fraction of sp³-hybridized carbons (Fsp3) is 0.433. The Morgan fingerprint density at radius 2 is 1.82 bits per heavy atom. The van der Waals surface area contributed by atoms with Crippen molar-refractivity contribution in [3.63, 3.8) is 0 Å². The third kappa shape index (κ3) is 8.57. The van der Waals surface area contributed by atoms with Crippen molar-refractivity contribution in [2.75, 3.05) is 6.61 Å². The van der Waals surface area contributed by atoms with Crippen molar-refractivity contribution in [3.05, 3.63) is 70.6 Å². The minimum atomic E-state index is -0.259. The van der Waals surface area contributed by atoms with Crippen molar-refractivity contribution in [2.45, 2.75) is 78.6 Å². The lowest BCUT2D eigenvalue weighted by molar-refractivity contribution is -0.119. The Labute approximate surface area is 235 Å². The van der Waals surface area contributed by atoms with E-state index < -0.39 is 0 Å². The molecule has 2 amide bonds. The van der Waals surface area contributed by atoms with Crippen molar-refractivity contribution in [1.82, 2.24) is 20.2 Å². The zero-order valence-corrected chi connectivity index (χ0v) is 24.1. The lowest BCUT2D eigenvalue weighted by atomic mass is 10.0. The summed E-state index contributed by atoms with van der Waals surface area (Å²) in [6, 6.07) is 12.6. The molecule has 2 aromatic carbocycles. The quantitative estimate of drug-likeness (QED) is 0.265. The molecule has 0 spiro atoms. The van der Waals surface area contributed by atoms with Crippen LogP contribution in [-0.4, -0.2) is 45.2 Å².